The number of piperazine rings is 1. The molecule has 146 valence electrons. The van der Waals surface area contributed by atoms with Crippen LogP contribution in [0.3, 0.4) is 0 Å². The molecule has 0 unspecified atom stereocenters. The van der Waals surface area contributed by atoms with Gasteiger partial charge >= 0.3 is 16.2 Å². The number of hydrogen-bond acceptors (Lipinski definition) is 5. The fraction of sp³-hybridized carbons (Fsp3) is 0.250. The van der Waals surface area contributed by atoms with Gasteiger partial charge in [-0.2, -0.15) is 8.42 Å². The number of hydrogen-bond donors (Lipinski definition) is 3. The second-order valence-electron chi connectivity index (χ2n) is 5.84. The normalized spacial score (nSPS) is 14.5. The molecule has 9 nitrogen and oxygen atoms in total. The number of nitrogens with two attached hydrogens (primary N) is 1. The van der Waals surface area contributed by atoms with Gasteiger partial charge in [0.15, 0.2) is 5.69 Å². The Balaban J connectivity index is 0.00000261. The molecule has 3 rings (SSSR count). The van der Waals surface area contributed by atoms with Crippen LogP contribution in [0.1, 0.15) is 20.8 Å². The number of aromatic nitrogens is 1. The summed E-state index contributed by atoms with van der Waals surface area (Å²) in [6, 6.07) is 7.73. The van der Waals surface area contributed by atoms with E-state index in [1.54, 1.807) is 29.2 Å². The van der Waals surface area contributed by atoms with Crippen molar-refractivity contribution in [3.63, 3.8) is 0 Å². The summed E-state index contributed by atoms with van der Waals surface area (Å²) in [6.45, 7) is 2.74. The molecule has 2 heterocycles. The zero-order valence-corrected chi connectivity index (χ0v) is 15.8. The number of carbonyl (C=O) groups excluding carboxylic acids is 1. The molecule has 0 atom stereocenters. The van der Waals surface area contributed by atoms with Crippen LogP contribution in [0.4, 0.5) is 0 Å². The number of carboxylic acids is 1. The minimum Gasteiger partial charge on any atom is -0.477 e. The molecule has 1 aromatic carbocycles. The Morgan fingerprint density at radius 2 is 1.67 bits per heavy atom. The Morgan fingerprint density at radius 1 is 1.07 bits per heavy atom. The summed E-state index contributed by atoms with van der Waals surface area (Å²) >= 11 is 0. The zero-order chi connectivity index (χ0) is 18.9. The van der Waals surface area contributed by atoms with Crippen molar-refractivity contribution < 1.29 is 23.1 Å². The van der Waals surface area contributed by atoms with Crippen LogP contribution in [-0.2, 0) is 10.2 Å². The Labute approximate surface area is 162 Å². The Kier molecular flexibility index (Phi) is 6.26. The van der Waals surface area contributed by atoms with Gasteiger partial charge in [-0.15, -0.1) is 12.4 Å². The van der Waals surface area contributed by atoms with Crippen molar-refractivity contribution in [3.8, 4) is 11.1 Å². The molecular weight excluding hydrogens is 396 g/mol. The van der Waals surface area contributed by atoms with Crippen molar-refractivity contribution in [1.82, 2.24) is 14.2 Å². The molecule has 0 saturated carbocycles. The molecule has 1 saturated heterocycles. The van der Waals surface area contributed by atoms with Crippen molar-refractivity contribution in [1.29, 1.82) is 0 Å². The average Bonchev–Trinajstić information content (AvgIpc) is 3.08. The predicted molar refractivity (Wildman–Crippen MR) is 101 cm³/mol. The summed E-state index contributed by atoms with van der Waals surface area (Å²) in [6.07, 6.45) is 1.09. The number of aromatic carboxylic acids is 1. The van der Waals surface area contributed by atoms with Gasteiger partial charge in [0.05, 0.1) is 0 Å². The first-order valence-corrected chi connectivity index (χ1v) is 9.38. The molecule has 11 heteroatoms. The molecule has 1 fully saturated rings. The van der Waals surface area contributed by atoms with Crippen molar-refractivity contribution in [2.75, 3.05) is 26.2 Å². The van der Waals surface area contributed by atoms with Gasteiger partial charge in [-0.05, 0) is 23.8 Å². The molecular formula is C16H19ClN4O5S. The number of nitrogens with one attached hydrogen (secondary N) is 1. The molecule has 27 heavy (non-hydrogen) atoms. The standard InChI is InChI=1S/C16H18N4O5S.ClH/c17-26(24,25)20-8-5-13(14(20)16(22)23)11-1-3-12(4-2-11)15(21)19-9-6-18-7-10-19;/h1-5,8,18H,6-7,9-10H2,(H,22,23)(H2,17,24,25);1H. The third-order valence-electron chi connectivity index (χ3n) is 4.18. The van der Waals surface area contributed by atoms with E-state index >= 15 is 0 Å². The fourth-order valence-corrected chi connectivity index (χ4v) is 3.57. The van der Waals surface area contributed by atoms with Gasteiger partial charge in [-0.25, -0.2) is 13.9 Å². The van der Waals surface area contributed by atoms with E-state index < -0.39 is 21.9 Å². The highest BCUT2D eigenvalue weighted by Gasteiger charge is 2.23. The largest absolute Gasteiger partial charge is 0.477 e. The summed E-state index contributed by atoms with van der Waals surface area (Å²) in [4.78, 5) is 25.7. The molecule has 0 spiro atoms. The van der Waals surface area contributed by atoms with E-state index in [4.69, 9.17) is 5.14 Å². The lowest BCUT2D eigenvalue weighted by Gasteiger charge is -2.27. The SMILES string of the molecule is Cl.NS(=O)(=O)n1ccc(-c2ccc(C(=O)N3CCNCC3)cc2)c1C(=O)O. The maximum absolute atomic E-state index is 12.5. The Morgan fingerprint density at radius 3 is 2.19 bits per heavy atom. The first-order valence-electron chi connectivity index (χ1n) is 7.87. The highest BCUT2D eigenvalue weighted by Crippen LogP contribution is 2.26. The Bertz CT molecular complexity index is 950. The first kappa shape index (κ1) is 20.9. The van der Waals surface area contributed by atoms with Gasteiger partial charge < -0.3 is 15.3 Å². The molecule has 4 N–H and O–H groups in total. The van der Waals surface area contributed by atoms with Crippen LogP contribution >= 0.6 is 12.4 Å². The van der Waals surface area contributed by atoms with Crippen LogP contribution in [0, 0.1) is 0 Å². The number of carbonyl (C=O) groups is 2. The number of rotatable bonds is 4. The summed E-state index contributed by atoms with van der Waals surface area (Å²) < 4.78 is 23.6. The monoisotopic (exact) mass is 414 g/mol. The highest BCUT2D eigenvalue weighted by molar-refractivity contribution is 7.87. The minimum atomic E-state index is -4.23. The van der Waals surface area contributed by atoms with Gasteiger partial charge in [-0.3, -0.25) is 4.79 Å². The van der Waals surface area contributed by atoms with Crippen molar-refractivity contribution >= 4 is 34.5 Å². The average molecular weight is 415 g/mol. The second-order valence-corrected chi connectivity index (χ2v) is 7.27. The first-order chi connectivity index (χ1) is 12.3. The molecule has 1 amide bonds. The summed E-state index contributed by atoms with van der Waals surface area (Å²) in [7, 11) is -4.23. The second kappa shape index (κ2) is 8.09. The number of amides is 1. The van der Waals surface area contributed by atoms with E-state index in [9.17, 15) is 23.1 Å². The van der Waals surface area contributed by atoms with E-state index in [0.29, 0.717) is 28.2 Å². The number of carboxylic acid groups (broad SMARTS) is 1. The summed E-state index contributed by atoms with van der Waals surface area (Å²) in [5, 5.41) is 17.6. The van der Waals surface area contributed by atoms with Crippen LogP contribution < -0.4 is 10.5 Å². The van der Waals surface area contributed by atoms with E-state index in [0.717, 1.165) is 19.3 Å². The molecule has 1 aromatic heterocycles. The number of halogens is 1. The van der Waals surface area contributed by atoms with Gasteiger partial charge in [0.2, 0.25) is 0 Å². The van der Waals surface area contributed by atoms with E-state index in [1.165, 1.54) is 6.07 Å². The highest BCUT2D eigenvalue weighted by atomic mass is 35.5. The quantitative estimate of drug-likeness (QED) is 0.661. The van der Waals surface area contributed by atoms with Crippen molar-refractivity contribution in [3.05, 3.63) is 47.8 Å². The zero-order valence-electron chi connectivity index (χ0n) is 14.2. The third-order valence-corrected chi connectivity index (χ3v) is 5.03. The molecule has 0 aliphatic carbocycles. The van der Waals surface area contributed by atoms with Crippen molar-refractivity contribution in [2.24, 2.45) is 5.14 Å². The van der Waals surface area contributed by atoms with Crippen LogP contribution in [-0.4, -0.2) is 60.5 Å². The van der Waals surface area contributed by atoms with Crippen LogP contribution in [0.15, 0.2) is 36.5 Å². The molecule has 1 aliphatic rings. The van der Waals surface area contributed by atoms with E-state index in [1.807, 2.05) is 0 Å². The molecule has 2 aromatic rings. The number of nitrogens with zero attached hydrogens (tertiary/aromatic N) is 2. The lowest BCUT2D eigenvalue weighted by atomic mass is 10.0. The van der Waals surface area contributed by atoms with E-state index in [2.05, 4.69) is 5.32 Å². The lowest BCUT2D eigenvalue weighted by molar-refractivity contribution is 0.0688. The Hall–Kier alpha value is -2.40. The van der Waals surface area contributed by atoms with Crippen LogP contribution in [0.25, 0.3) is 11.1 Å². The van der Waals surface area contributed by atoms with Crippen molar-refractivity contribution in [2.45, 2.75) is 0 Å². The van der Waals surface area contributed by atoms with Gasteiger partial charge in [-0.1, -0.05) is 12.1 Å². The van der Waals surface area contributed by atoms with E-state index in [-0.39, 0.29) is 23.9 Å². The lowest BCUT2D eigenvalue weighted by Crippen LogP contribution is -2.46. The molecule has 0 bridgehead atoms. The number of benzene rings is 1. The van der Waals surface area contributed by atoms with Gasteiger partial charge in [0.1, 0.15) is 0 Å². The fourth-order valence-electron chi connectivity index (χ4n) is 2.91. The van der Waals surface area contributed by atoms with Gasteiger partial charge in [0.25, 0.3) is 5.91 Å². The topological polar surface area (TPSA) is 135 Å². The minimum absolute atomic E-state index is 0. The van der Waals surface area contributed by atoms with Crippen LogP contribution in [0.2, 0.25) is 0 Å². The predicted octanol–water partition coefficient (Wildman–Crippen LogP) is 0.372. The maximum atomic E-state index is 12.5. The maximum Gasteiger partial charge on any atom is 0.354 e. The van der Waals surface area contributed by atoms with Crippen LogP contribution in [0.5, 0.6) is 0 Å². The smallest absolute Gasteiger partial charge is 0.354 e. The summed E-state index contributed by atoms with van der Waals surface area (Å²) in [5.41, 5.74) is 0.710. The molecule has 1 aliphatic heterocycles. The third kappa shape index (κ3) is 4.30. The summed E-state index contributed by atoms with van der Waals surface area (Å²) in [5.74, 6) is -1.52. The molecule has 0 radical (unpaired) electrons. The van der Waals surface area contributed by atoms with Gasteiger partial charge in [0, 0.05) is 43.5 Å².